The van der Waals surface area contributed by atoms with Crippen LogP contribution in [0.3, 0.4) is 0 Å². The Bertz CT molecular complexity index is 1420. The monoisotopic (exact) mass is 505 g/mol. The van der Waals surface area contributed by atoms with Gasteiger partial charge in [0.1, 0.15) is 11.6 Å². The van der Waals surface area contributed by atoms with Crippen molar-refractivity contribution in [2.75, 3.05) is 20.1 Å². The topological polar surface area (TPSA) is 77.1 Å². The molecule has 0 aliphatic carbocycles. The molecular formula is C28H29F2N5O2. The third-order valence-corrected chi connectivity index (χ3v) is 6.93. The van der Waals surface area contributed by atoms with Gasteiger partial charge in [-0.3, -0.25) is 4.79 Å². The van der Waals surface area contributed by atoms with E-state index in [9.17, 15) is 13.6 Å². The summed E-state index contributed by atoms with van der Waals surface area (Å²) in [7, 11) is 2.16. The van der Waals surface area contributed by atoms with E-state index in [1.54, 1.807) is 0 Å². The molecule has 5 rings (SSSR count). The average molecular weight is 506 g/mol. The maximum Gasteiger partial charge on any atom is 0.267 e. The van der Waals surface area contributed by atoms with Crippen LogP contribution in [-0.2, 0) is 6.54 Å². The highest BCUT2D eigenvalue weighted by atomic mass is 19.1. The quantitative estimate of drug-likeness (QED) is 0.347. The van der Waals surface area contributed by atoms with Crippen molar-refractivity contribution in [1.29, 1.82) is 0 Å². The highest BCUT2D eigenvalue weighted by Crippen LogP contribution is 2.30. The van der Waals surface area contributed by atoms with Gasteiger partial charge in [0.2, 0.25) is 11.7 Å². The maximum atomic E-state index is 13.7. The van der Waals surface area contributed by atoms with E-state index in [-0.39, 0.29) is 23.6 Å². The summed E-state index contributed by atoms with van der Waals surface area (Å²) in [5.41, 5.74) is 1.82. The van der Waals surface area contributed by atoms with Crippen LogP contribution >= 0.6 is 0 Å². The first-order chi connectivity index (χ1) is 17.8. The summed E-state index contributed by atoms with van der Waals surface area (Å²) in [5.74, 6) is 0.555. The zero-order valence-corrected chi connectivity index (χ0v) is 20.9. The molecule has 0 radical (unpaired) electrons. The fourth-order valence-corrected chi connectivity index (χ4v) is 4.85. The molecule has 0 amide bonds. The number of benzene rings is 2. The molecule has 0 saturated carbocycles. The molecule has 0 spiro atoms. The van der Waals surface area contributed by atoms with Crippen LogP contribution in [-0.4, -0.2) is 45.0 Å². The van der Waals surface area contributed by atoms with Gasteiger partial charge in [-0.1, -0.05) is 30.3 Å². The highest BCUT2D eigenvalue weighted by Gasteiger charge is 2.23. The minimum absolute atomic E-state index is 0.176. The molecular weight excluding hydrogens is 476 g/mol. The third-order valence-electron chi connectivity index (χ3n) is 6.93. The predicted octanol–water partition coefficient (Wildman–Crippen LogP) is 5.12. The van der Waals surface area contributed by atoms with E-state index in [2.05, 4.69) is 34.1 Å². The molecule has 7 nitrogen and oxygen atoms in total. The number of rotatable bonds is 7. The minimum Gasteiger partial charge on any atom is -0.339 e. The summed E-state index contributed by atoms with van der Waals surface area (Å²) < 4.78 is 34.2. The van der Waals surface area contributed by atoms with Gasteiger partial charge in [0.15, 0.2) is 0 Å². The van der Waals surface area contributed by atoms with Crippen LogP contribution in [0, 0.1) is 17.6 Å². The lowest BCUT2D eigenvalue weighted by atomic mass is 9.88. The Kier molecular flexibility index (Phi) is 7.23. The smallest absolute Gasteiger partial charge is 0.267 e. The first-order valence-electron chi connectivity index (χ1n) is 12.5. The van der Waals surface area contributed by atoms with Gasteiger partial charge in [-0.2, -0.15) is 10.1 Å². The lowest BCUT2D eigenvalue weighted by Gasteiger charge is -2.29. The van der Waals surface area contributed by atoms with Gasteiger partial charge in [-0.05, 0) is 75.1 Å². The molecule has 1 saturated heterocycles. The second kappa shape index (κ2) is 10.7. The molecule has 1 fully saturated rings. The summed E-state index contributed by atoms with van der Waals surface area (Å²) in [4.78, 5) is 19.5. The fraction of sp³-hybridized carbons (Fsp3) is 0.357. The van der Waals surface area contributed by atoms with Crippen LogP contribution in [0.5, 0.6) is 0 Å². The van der Waals surface area contributed by atoms with Crippen molar-refractivity contribution in [2.24, 2.45) is 5.92 Å². The molecule has 1 unspecified atom stereocenters. The van der Waals surface area contributed by atoms with Gasteiger partial charge in [-0.25, -0.2) is 13.5 Å². The van der Waals surface area contributed by atoms with Gasteiger partial charge in [0.25, 0.3) is 5.56 Å². The Morgan fingerprint density at radius 3 is 2.54 bits per heavy atom. The molecule has 1 aliphatic rings. The Labute approximate surface area is 213 Å². The largest absolute Gasteiger partial charge is 0.339 e. The molecule has 0 bridgehead atoms. The number of likely N-dealkylation sites (tertiary alicyclic amines) is 1. The van der Waals surface area contributed by atoms with Crippen LogP contribution in [0.25, 0.3) is 22.6 Å². The Morgan fingerprint density at radius 2 is 1.78 bits per heavy atom. The summed E-state index contributed by atoms with van der Waals surface area (Å²) in [5, 5.41) is 8.53. The zero-order chi connectivity index (χ0) is 25.9. The zero-order valence-electron chi connectivity index (χ0n) is 20.9. The molecule has 1 aliphatic heterocycles. The van der Waals surface area contributed by atoms with Crippen molar-refractivity contribution in [1.82, 2.24) is 24.8 Å². The van der Waals surface area contributed by atoms with Crippen LogP contribution in [0.15, 0.2) is 63.9 Å². The van der Waals surface area contributed by atoms with Crippen LogP contribution in [0.2, 0.25) is 0 Å². The van der Waals surface area contributed by atoms with E-state index >= 15 is 0 Å². The Hall–Kier alpha value is -3.72. The van der Waals surface area contributed by atoms with Crippen molar-refractivity contribution in [3.63, 3.8) is 0 Å². The van der Waals surface area contributed by atoms with Gasteiger partial charge < -0.3 is 9.42 Å². The van der Waals surface area contributed by atoms with Gasteiger partial charge in [-0.15, -0.1) is 0 Å². The summed E-state index contributed by atoms with van der Waals surface area (Å²) in [6, 6.07) is 13.5. The number of aromatic nitrogens is 4. The molecule has 4 aromatic rings. The van der Waals surface area contributed by atoms with Crippen LogP contribution in [0.4, 0.5) is 8.78 Å². The number of nitrogens with zero attached hydrogens (tertiary/aromatic N) is 5. The first-order valence-corrected chi connectivity index (χ1v) is 12.5. The molecule has 192 valence electrons. The van der Waals surface area contributed by atoms with Crippen LogP contribution in [0.1, 0.15) is 43.6 Å². The van der Waals surface area contributed by atoms with Crippen molar-refractivity contribution in [2.45, 2.75) is 38.6 Å². The van der Waals surface area contributed by atoms with Crippen molar-refractivity contribution in [3.8, 4) is 22.6 Å². The second-order valence-corrected chi connectivity index (χ2v) is 9.91. The van der Waals surface area contributed by atoms with Gasteiger partial charge in [0.05, 0.1) is 12.2 Å². The maximum absolute atomic E-state index is 13.7. The van der Waals surface area contributed by atoms with E-state index in [0.717, 1.165) is 36.7 Å². The van der Waals surface area contributed by atoms with E-state index in [4.69, 9.17) is 4.52 Å². The van der Waals surface area contributed by atoms with Crippen LogP contribution < -0.4 is 5.56 Å². The Morgan fingerprint density at radius 1 is 1.03 bits per heavy atom. The number of hydrogen-bond donors (Lipinski definition) is 0. The van der Waals surface area contributed by atoms with Crippen molar-refractivity contribution >= 4 is 0 Å². The van der Waals surface area contributed by atoms with Crippen molar-refractivity contribution < 1.29 is 13.3 Å². The average Bonchev–Trinajstić information content (AvgIpc) is 3.37. The summed E-state index contributed by atoms with van der Waals surface area (Å²) >= 11 is 0. The molecule has 2 aromatic heterocycles. The van der Waals surface area contributed by atoms with Gasteiger partial charge >= 0.3 is 0 Å². The molecule has 3 heterocycles. The van der Waals surface area contributed by atoms with E-state index in [1.807, 2.05) is 24.3 Å². The number of piperidine rings is 1. The lowest BCUT2D eigenvalue weighted by Crippen LogP contribution is -2.30. The lowest BCUT2D eigenvalue weighted by molar-refractivity contribution is 0.201. The second-order valence-electron chi connectivity index (χ2n) is 9.91. The van der Waals surface area contributed by atoms with E-state index < -0.39 is 11.6 Å². The number of hydrogen-bond acceptors (Lipinski definition) is 6. The van der Waals surface area contributed by atoms with E-state index in [0.29, 0.717) is 23.3 Å². The number of halogens is 2. The normalized spacial score (nSPS) is 15.7. The summed E-state index contributed by atoms with van der Waals surface area (Å²) in [6.07, 6.45) is 3.40. The molecule has 1 atom stereocenters. The first kappa shape index (κ1) is 25.0. The predicted molar refractivity (Wildman–Crippen MR) is 136 cm³/mol. The molecule has 2 aromatic carbocycles. The van der Waals surface area contributed by atoms with E-state index in [1.165, 1.54) is 41.8 Å². The molecule has 9 heteroatoms. The molecule has 0 N–H and O–H groups in total. The SMILES string of the molecule is CC(CC1CCN(C)CC1)c1nc(-c2cccc(Cn3nc(-c4cc(F)cc(F)c4)ccc3=O)c2)no1. The Balaban J connectivity index is 1.32. The summed E-state index contributed by atoms with van der Waals surface area (Å²) in [6.45, 7) is 4.55. The fourth-order valence-electron chi connectivity index (χ4n) is 4.85. The highest BCUT2D eigenvalue weighted by molar-refractivity contribution is 5.58. The molecule has 37 heavy (non-hydrogen) atoms. The minimum atomic E-state index is -0.706. The standard InChI is InChI=1S/C28H29F2N5O2/c1-18(12-19-8-10-34(2)11-9-19)28-31-27(33-37-28)21-5-3-4-20(13-21)17-35-26(36)7-6-25(32-35)22-14-23(29)16-24(30)15-22/h3-7,13-16,18-19H,8-12,17H2,1-2H3. The third kappa shape index (κ3) is 5.99. The van der Waals surface area contributed by atoms with Crippen molar-refractivity contribution in [3.05, 3.63) is 88.0 Å². The van der Waals surface area contributed by atoms with Gasteiger partial charge in [0, 0.05) is 29.2 Å².